The van der Waals surface area contributed by atoms with Crippen molar-refractivity contribution < 1.29 is 13.9 Å². The first-order chi connectivity index (χ1) is 16.7. The monoisotopic (exact) mass is 506 g/mol. The number of hydrogen-bond acceptors (Lipinski definition) is 6. The summed E-state index contributed by atoms with van der Waals surface area (Å²) in [4.78, 5) is 45.0. The third-order valence-corrected chi connectivity index (χ3v) is 6.74. The molecule has 0 spiro atoms. The van der Waals surface area contributed by atoms with Crippen molar-refractivity contribution in [1.29, 1.82) is 0 Å². The summed E-state index contributed by atoms with van der Waals surface area (Å²) in [6.45, 7) is 1.71. The van der Waals surface area contributed by atoms with Gasteiger partial charge < -0.3 is 15.0 Å². The zero-order valence-electron chi connectivity index (χ0n) is 19.9. The topological polar surface area (TPSA) is 103 Å². The molecule has 1 aromatic carbocycles. The van der Waals surface area contributed by atoms with Gasteiger partial charge in [0.1, 0.15) is 5.82 Å². The fourth-order valence-electron chi connectivity index (χ4n) is 4.46. The standard InChI is InChI=1S/C23H28ClFN6O4/c1-28-19-18(21(33)29(2)23(28)34)31(13-15-16(24)7-4-8-17(15)25)22(27-19)30-10-5-6-14(12-30)20(32)26-9-11-35-3/h4,7-8,14H,5-6,9-13H2,1-3H3,(H,26,32). The molecule has 3 heterocycles. The van der Waals surface area contributed by atoms with E-state index in [0.717, 1.165) is 11.0 Å². The van der Waals surface area contributed by atoms with Gasteiger partial charge in [-0.05, 0) is 25.0 Å². The second-order valence-electron chi connectivity index (χ2n) is 8.65. The third kappa shape index (κ3) is 4.70. The number of halogens is 2. The lowest BCUT2D eigenvalue weighted by Gasteiger charge is -2.33. The van der Waals surface area contributed by atoms with Crippen molar-refractivity contribution in [3.8, 4) is 0 Å². The molecule has 0 radical (unpaired) electrons. The van der Waals surface area contributed by atoms with Crippen LogP contribution in [0.2, 0.25) is 5.02 Å². The van der Waals surface area contributed by atoms with Gasteiger partial charge in [-0.25, -0.2) is 9.18 Å². The highest BCUT2D eigenvalue weighted by molar-refractivity contribution is 6.31. The van der Waals surface area contributed by atoms with Crippen molar-refractivity contribution in [1.82, 2.24) is 24.0 Å². The number of imidazole rings is 1. The Labute approximate surface area is 205 Å². The number of nitrogens with zero attached hydrogens (tertiary/aromatic N) is 5. The number of carbonyl (C=O) groups is 1. The fraction of sp³-hybridized carbons (Fsp3) is 0.478. The van der Waals surface area contributed by atoms with Crippen LogP contribution in [0.15, 0.2) is 27.8 Å². The lowest BCUT2D eigenvalue weighted by Crippen LogP contribution is -2.44. The summed E-state index contributed by atoms with van der Waals surface area (Å²) in [7, 11) is 4.49. The molecule has 0 saturated carbocycles. The summed E-state index contributed by atoms with van der Waals surface area (Å²) >= 11 is 6.30. The lowest BCUT2D eigenvalue weighted by atomic mass is 9.97. The van der Waals surface area contributed by atoms with Gasteiger partial charge in [0, 0.05) is 51.4 Å². The lowest BCUT2D eigenvalue weighted by molar-refractivity contribution is -0.125. The maximum Gasteiger partial charge on any atom is 0.332 e. The largest absolute Gasteiger partial charge is 0.383 e. The van der Waals surface area contributed by atoms with Crippen LogP contribution in [0.25, 0.3) is 11.2 Å². The number of aromatic nitrogens is 4. The van der Waals surface area contributed by atoms with Crippen LogP contribution >= 0.6 is 11.6 Å². The van der Waals surface area contributed by atoms with E-state index in [-0.39, 0.29) is 40.1 Å². The number of piperidine rings is 1. The highest BCUT2D eigenvalue weighted by Crippen LogP contribution is 2.28. The van der Waals surface area contributed by atoms with Crippen LogP contribution in [0.5, 0.6) is 0 Å². The zero-order valence-corrected chi connectivity index (χ0v) is 20.6. The van der Waals surface area contributed by atoms with Crippen LogP contribution in [0.1, 0.15) is 18.4 Å². The summed E-state index contributed by atoms with van der Waals surface area (Å²) < 4.78 is 23.6. The van der Waals surface area contributed by atoms with Crippen LogP contribution in [-0.2, 0) is 30.2 Å². The Bertz CT molecular complexity index is 1360. The van der Waals surface area contributed by atoms with Crippen molar-refractivity contribution in [2.24, 2.45) is 20.0 Å². The van der Waals surface area contributed by atoms with Gasteiger partial charge >= 0.3 is 5.69 Å². The number of anilines is 1. The summed E-state index contributed by atoms with van der Waals surface area (Å²) in [5.74, 6) is -0.513. The van der Waals surface area contributed by atoms with Gasteiger partial charge in [-0.15, -0.1) is 0 Å². The van der Waals surface area contributed by atoms with Crippen molar-refractivity contribution >= 4 is 34.6 Å². The van der Waals surface area contributed by atoms with Gasteiger partial charge in [0.15, 0.2) is 11.2 Å². The molecule has 1 atom stereocenters. The van der Waals surface area contributed by atoms with Gasteiger partial charge in [0.2, 0.25) is 11.9 Å². The minimum Gasteiger partial charge on any atom is -0.383 e. The van der Waals surface area contributed by atoms with E-state index in [1.165, 1.54) is 30.8 Å². The second kappa shape index (κ2) is 10.2. The molecule has 10 nitrogen and oxygen atoms in total. The van der Waals surface area contributed by atoms with Crippen molar-refractivity contribution in [3.05, 3.63) is 55.4 Å². The maximum absolute atomic E-state index is 14.7. The number of aryl methyl sites for hydroxylation is 1. The third-order valence-electron chi connectivity index (χ3n) is 6.39. The van der Waals surface area contributed by atoms with E-state index in [1.54, 1.807) is 17.7 Å². The Hall–Kier alpha value is -3.18. The van der Waals surface area contributed by atoms with E-state index in [1.807, 2.05) is 4.90 Å². The summed E-state index contributed by atoms with van der Waals surface area (Å²) in [5.41, 5.74) is -0.504. The molecule has 2 aromatic heterocycles. The number of amides is 1. The predicted octanol–water partition coefficient (Wildman–Crippen LogP) is 1.25. The molecule has 0 aliphatic carbocycles. The van der Waals surface area contributed by atoms with Crippen LogP contribution in [0.3, 0.4) is 0 Å². The number of benzene rings is 1. The van der Waals surface area contributed by atoms with E-state index in [2.05, 4.69) is 10.3 Å². The van der Waals surface area contributed by atoms with Crippen LogP contribution in [0, 0.1) is 11.7 Å². The molecule has 1 unspecified atom stereocenters. The molecule has 1 aliphatic heterocycles. The molecular weight excluding hydrogens is 479 g/mol. The van der Waals surface area contributed by atoms with E-state index in [9.17, 15) is 18.8 Å². The van der Waals surface area contributed by atoms with Gasteiger partial charge in [0.05, 0.1) is 19.1 Å². The molecule has 3 aromatic rings. The first kappa shape index (κ1) is 24.9. The number of fused-ring (bicyclic) bond motifs is 1. The van der Waals surface area contributed by atoms with E-state index in [0.29, 0.717) is 38.6 Å². The summed E-state index contributed by atoms with van der Waals surface area (Å²) in [6.07, 6.45) is 1.43. The average Bonchev–Trinajstić information content (AvgIpc) is 3.23. The van der Waals surface area contributed by atoms with Gasteiger partial charge in [0.25, 0.3) is 5.56 Å². The average molecular weight is 507 g/mol. The number of rotatable bonds is 7. The Morgan fingerprint density at radius 1 is 1.29 bits per heavy atom. The molecule has 12 heteroatoms. The molecule has 1 amide bonds. The summed E-state index contributed by atoms with van der Waals surface area (Å²) in [5, 5.41) is 3.09. The van der Waals surface area contributed by atoms with Crippen LogP contribution < -0.4 is 21.5 Å². The number of hydrogen-bond donors (Lipinski definition) is 1. The Morgan fingerprint density at radius 3 is 2.77 bits per heavy atom. The number of nitrogens with one attached hydrogen (secondary N) is 1. The quantitative estimate of drug-likeness (QED) is 0.484. The Kier molecular flexibility index (Phi) is 7.27. The maximum atomic E-state index is 14.7. The fourth-order valence-corrected chi connectivity index (χ4v) is 4.68. The number of ether oxygens (including phenoxy) is 1. The minimum atomic E-state index is -0.542. The normalized spacial score (nSPS) is 16.1. The molecule has 1 saturated heterocycles. The predicted molar refractivity (Wildman–Crippen MR) is 131 cm³/mol. The van der Waals surface area contributed by atoms with E-state index < -0.39 is 17.1 Å². The highest BCUT2D eigenvalue weighted by Gasteiger charge is 2.30. The van der Waals surface area contributed by atoms with E-state index >= 15 is 0 Å². The Balaban J connectivity index is 1.81. The van der Waals surface area contributed by atoms with Crippen molar-refractivity contribution in [2.75, 3.05) is 38.3 Å². The minimum absolute atomic E-state index is 0.0635. The first-order valence-corrected chi connectivity index (χ1v) is 11.7. The van der Waals surface area contributed by atoms with Crippen molar-refractivity contribution in [2.45, 2.75) is 19.4 Å². The zero-order chi connectivity index (χ0) is 25.3. The SMILES string of the molecule is COCCNC(=O)C1CCCN(c2nc3c(c(=O)n(C)c(=O)n3C)n2Cc2c(F)cccc2Cl)C1. The number of carbonyl (C=O) groups excluding carboxylic acids is 1. The first-order valence-electron chi connectivity index (χ1n) is 11.3. The Morgan fingerprint density at radius 2 is 2.06 bits per heavy atom. The molecule has 1 fully saturated rings. The van der Waals surface area contributed by atoms with Gasteiger partial charge in [-0.2, -0.15) is 4.98 Å². The molecule has 188 valence electrons. The molecule has 0 bridgehead atoms. The van der Waals surface area contributed by atoms with Gasteiger partial charge in [-0.1, -0.05) is 17.7 Å². The van der Waals surface area contributed by atoms with Crippen LogP contribution in [-0.4, -0.2) is 57.9 Å². The molecule has 4 rings (SSSR count). The second-order valence-corrected chi connectivity index (χ2v) is 9.05. The van der Waals surface area contributed by atoms with Crippen molar-refractivity contribution in [3.63, 3.8) is 0 Å². The highest BCUT2D eigenvalue weighted by atomic mass is 35.5. The van der Waals surface area contributed by atoms with E-state index in [4.69, 9.17) is 16.3 Å². The molecule has 35 heavy (non-hydrogen) atoms. The smallest absolute Gasteiger partial charge is 0.332 e. The number of methoxy groups -OCH3 is 1. The molecule has 1 aliphatic rings. The van der Waals surface area contributed by atoms with Crippen LogP contribution in [0.4, 0.5) is 10.3 Å². The van der Waals surface area contributed by atoms with Gasteiger partial charge in [-0.3, -0.25) is 23.3 Å². The molecule has 1 N–H and O–H groups in total. The molecular formula is C23H28ClFN6O4. The summed E-state index contributed by atoms with van der Waals surface area (Å²) in [6, 6.07) is 4.39.